The predicted molar refractivity (Wildman–Crippen MR) is 105 cm³/mol. The van der Waals surface area contributed by atoms with Gasteiger partial charge in [-0.15, -0.1) is 0 Å². The van der Waals surface area contributed by atoms with Crippen molar-refractivity contribution in [3.8, 4) is 0 Å². The number of anilines is 1. The number of urea groups is 1. The van der Waals surface area contributed by atoms with Crippen molar-refractivity contribution < 1.29 is 4.79 Å². The van der Waals surface area contributed by atoms with Crippen molar-refractivity contribution in [1.82, 2.24) is 20.1 Å². The van der Waals surface area contributed by atoms with E-state index in [1.807, 2.05) is 36.0 Å². The van der Waals surface area contributed by atoms with Crippen LogP contribution in [0.2, 0.25) is 0 Å². The van der Waals surface area contributed by atoms with E-state index in [-0.39, 0.29) is 6.03 Å². The van der Waals surface area contributed by atoms with Gasteiger partial charge in [0.1, 0.15) is 5.82 Å². The zero-order valence-electron chi connectivity index (χ0n) is 16.3. The normalized spacial score (nSPS) is 19.4. The molecule has 6 nitrogen and oxygen atoms in total. The third kappa shape index (κ3) is 5.34. The molecule has 3 rings (SSSR count). The molecule has 0 atom stereocenters. The van der Waals surface area contributed by atoms with Crippen LogP contribution in [0.3, 0.4) is 0 Å². The van der Waals surface area contributed by atoms with Gasteiger partial charge >= 0.3 is 6.03 Å². The van der Waals surface area contributed by atoms with Crippen LogP contribution < -0.4 is 10.2 Å². The molecule has 2 heterocycles. The van der Waals surface area contributed by atoms with E-state index in [0.717, 1.165) is 43.5 Å². The number of hydrogen-bond donors (Lipinski definition) is 1. The molecular formula is C20H33N5O. The van der Waals surface area contributed by atoms with Crippen LogP contribution in [0.1, 0.15) is 37.7 Å². The summed E-state index contributed by atoms with van der Waals surface area (Å²) in [5.74, 6) is 1.79. The molecule has 6 heteroatoms. The minimum atomic E-state index is 0.0468. The van der Waals surface area contributed by atoms with E-state index < -0.39 is 0 Å². The van der Waals surface area contributed by atoms with Crippen molar-refractivity contribution in [2.45, 2.75) is 38.6 Å². The molecule has 144 valence electrons. The fourth-order valence-electron chi connectivity index (χ4n) is 3.97. The van der Waals surface area contributed by atoms with Crippen molar-refractivity contribution in [3.05, 3.63) is 23.9 Å². The third-order valence-corrected chi connectivity index (χ3v) is 5.61. The number of pyridine rings is 1. The van der Waals surface area contributed by atoms with Gasteiger partial charge in [0.15, 0.2) is 0 Å². The molecular weight excluding hydrogens is 326 g/mol. The van der Waals surface area contributed by atoms with Crippen molar-refractivity contribution in [2.75, 3.05) is 51.7 Å². The fourth-order valence-corrected chi connectivity index (χ4v) is 3.97. The monoisotopic (exact) mass is 359 g/mol. The van der Waals surface area contributed by atoms with Gasteiger partial charge in [-0.3, -0.25) is 4.90 Å². The van der Waals surface area contributed by atoms with E-state index in [1.165, 1.54) is 38.6 Å². The number of amides is 2. The highest BCUT2D eigenvalue weighted by atomic mass is 16.2. The van der Waals surface area contributed by atoms with Gasteiger partial charge in [-0.2, -0.15) is 0 Å². The van der Waals surface area contributed by atoms with Crippen molar-refractivity contribution >= 4 is 11.8 Å². The lowest BCUT2D eigenvalue weighted by molar-refractivity contribution is 0.119. The lowest BCUT2D eigenvalue weighted by Crippen LogP contribution is -2.52. The summed E-state index contributed by atoms with van der Waals surface area (Å²) < 4.78 is 0. The molecule has 0 radical (unpaired) electrons. The van der Waals surface area contributed by atoms with E-state index in [2.05, 4.69) is 15.2 Å². The van der Waals surface area contributed by atoms with Gasteiger partial charge in [0.25, 0.3) is 0 Å². The predicted octanol–water partition coefficient (Wildman–Crippen LogP) is 2.56. The van der Waals surface area contributed by atoms with Crippen LogP contribution in [-0.2, 0) is 6.54 Å². The van der Waals surface area contributed by atoms with Crippen molar-refractivity contribution in [1.29, 1.82) is 0 Å². The molecule has 0 unspecified atom stereocenters. The molecule has 0 spiro atoms. The first-order valence-electron chi connectivity index (χ1n) is 9.99. The molecule has 1 aliphatic heterocycles. The summed E-state index contributed by atoms with van der Waals surface area (Å²) >= 11 is 0. The van der Waals surface area contributed by atoms with Crippen LogP contribution in [0.25, 0.3) is 0 Å². The highest BCUT2D eigenvalue weighted by Gasteiger charge is 2.23. The Labute approximate surface area is 157 Å². The maximum Gasteiger partial charge on any atom is 0.317 e. The maximum atomic E-state index is 12.5. The maximum absolute atomic E-state index is 12.5. The Morgan fingerprint density at radius 2 is 1.92 bits per heavy atom. The molecule has 0 aromatic carbocycles. The average molecular weight is 360 g/mol. The molecule has 2 aliphatic rings. The molecule has 1 aromatic rings. The number of nitrogens with one attached hydrogen (secondary N) is 1. The largest absolute Gasteiger partial charge is 0.363 e. The number of rotatable bonds is 5. The van der Waals surface area contributed by atoms with Gasteiger partial charge in [0.05, 0.1) is 0 Å². The zero-order chi connectivity index (χ0) is 18.4. The lowest BCUT2D eigenvalue weighted by Gasteiger charge is -2.37. The zero-order valence-corrected chi connectivity index (χ0v) is 16.3. The Morgan fingerprint density at radius 1 is 1.19 bits per heavy atom. The van der Waals surface area contributed by atoms with Crippen LogP contribution in [0.4, 0.5) is 10.6 Å². The first-order valence-corrected chi connectivity index (χ1v) is 9.99. The lowest BCUT2D eigenvalue weighted by atomic mass is 9.89. The van der Waals surface area contributed by atoms with Crippen LogP contribution in [0, 0.1) is 5.92 Å². The molecule has 2 amide bonds. The van der Waals surface area contributed by atoms with E-state index in [9.17, 15) is 4.79 Å². The SMILES string of the molecule is CN(C)c1cc(CNC(=O)N2CCN(CC3CCCCC3)CC2)ccn1. The van der Waals surface area contributed by atoms with Crippen LogP contribution in [0.5, 0.6) is 0 Å². The summed E-state index contributed by atoms with van der Waals surface area (Å²) in [6, 6.07) is 4.02. The minimum Gasteiger partial charge on any atom is -0.363 e. The number of piperazine rings is 1. The Morgan fingerprint density at radius 3 is 2.62 bits per heavy atom. The highest BCUT2D eigenvalue weighted by molar-refractivity contribution is 5.74. The van der Waals surface area contributed by atoms with E-state index in [4.69, 9.17) is 0 Å². The van der Waals surface area contributed by atoms with Gasteiger partial charge in [-0.25, -0.2) is 9.78 Å². The number of carbonyl (C=O) groups is 1. The quantitative estimate of drug-likeness (QED) is 0.878. The number of carbonyl (C=O) groups excluding carboxylic acids is 1. The minimum absolute atomic E-state index is 0.0468. The van der Waals surface area contributed by atoms with Crippen LogP contribution >= 0.6 is 0 Å². The summed E-state index contributed by atoms with van der Waals surface area (Å²) in [5.41, 5.74) is 1.08. The summed E-state index contributed by atoms with van der Waals surface area (Å²) in [7, 11) is 3.94. The van der Waals surface area contributed by atoms with E-state index in [1.54, 1.807) is 6.20 Å². The van der Waals surface area contributed by atoms with Gasteiger partial charge < -0.3 is 15.1 Å². The summed E-state index contributed by atoms with van der Waals surface area (Å²) in [6.45, 7) is 5.44. The second-order valence-electron chi connectivity index (χ2n) is 7.87. The molecule has 1 N–H and O–H groups in total. The standard InChI is InChI=1S/C20H33N5O/c1-23(2)19-14-18(8-9-21-19)15-22-20(26)25-12-10-24(11-13-25)16-17-6-4-3-5-7-17/h8-9,14,17H,3-7,10-13,15-16H2,1-2H3,(H,22,26). The fraction of sp³-hybridized carbons (Fsp3) is 0.700. The van der Waals surface area contributed by atoms with Crippen LogP contribution in [-0.4, -0.2) is 67.6 Å². The molecule has 0 bridgehead atoms. The average Bonchev–Trinajstić information content (AvgIpc) is 2.68. The Balaban J connectivity index is 1.40. The number of nitrogens with zero attached hydrogens (tertiary/aromatic N) is 4. The van der Waals surface area contributed by atoms with Gasteiger partial charge in [-0.05, 0) is 36.5 Å². The summed E-state index contributed by atoms with van der Waals surface area (Å²) in [4.78, 5) is 23.2. The second kappa shape index (κ2) is 9.21. The number of hydrogen-bond acceptors (Lipinski definition) is 4. The Bertz CT molecular complexity index is 577. The van der Waals surface area contributed by atoms with Crippen molar-refractivity contribution in [2.24, 2.45) is 5.92 Å². The smallest absolute Gasteiger partial charge is 0.317 e. The van der Waals surface area contributed by atoms with Crippen LogP contribution in [0.15, 0.2) is 18.3 Å². The molecule has 2 fully saturated rings. The third-order valence-electron chi connectivity index (χ3n) is 5.61. The second-order valence-corrected chi connectivity index (χ2v) is 7.87. The van der Waals surface area contributed by atoms with E-state index in [0.29, 0.717) is 6.54 Å². The molecule has 26 heavy (non-hydrogen) atoms. The highest BCUT2D eigenvalue weighted by Crippen LogP contribution is 2.24. The first kappa shape index (κ1) is 19.0. The van der Waals surface area contributed by atoms with Gasteiger partial charge in [-0.1, -0.05) is 19.3 Å². The number of aromatic nitrogens is 1. The van der Waals surface area contributed by atoms with Gasteiger partial charge in [0.2, 0.25) is 0 Å². The van der Waals surface area contributed by atoms with Crippen molar-refractivity contribution in [3.63, 3.8) is 0 Å². The topological polar surface area (TPSA) is 51.7 Å². The molecule has 1 aromatic heterocycles. The Kier molecular flexibility index (Phi) is 6.72. The Hall–Kier alpha value is -1.82. The summed E-state index contributed by atoms with van der Waals surface area (Å²) in [5, 5.41) is 3.05. The molecule has 1 saturated heterocycles. The van der Waals surface area contributed by atoms with Gasteiger partial charge in [0, 0.05) is 59.6 Å². The first-order chi connectivity index (χ1) is 12.6. The summed E-state index contributed by atoms with van der Waals surface area (Å²) in [6.07, 6.45) is 8.79. The molecule has 1 aliphatic carbocycles. The molecule has 1 saturated carbocycles. The van der Waals surface area contributed by atoms with E-state index >= 15 is 0 Å².